The summed E-state index contributed by atoms with van der Waals surface area (Å²) in [6, 6.07) is 8.30. The first-order chi connectivity index (χ1) is 8.85. The number of nitrogens with one attached hydrogen (secondary N) is 1. The summed E-state index contributed by atoms with van der Waals surface area (Å²) in [6.07, 6.45) is 1.84. The lowest BCUT2D eigenvalue weighted by Gasteiger charge is -2.27. The Morgan fingerprint density at radius 1 is 1.11 bits per heavy atom. The highest BCUT2D eigenvalue weighted by atomic mass is 16.3. The molecule has 1 rings (SSSR count). The van der Waals surface area contributed by atoms with Crippen molar-refractivity contribution in [3.8, 4) is 0 Å². The molecule has 1 aromatic carbocycles. The van der Waals surface area contributed by atoms with Crippen LogP contribution in [0.15, 0.2) is 24.3 Å². The van der Waals surface area contributed by atoms with E-state index in [-0.39, 0.29) is 5.54 Å². The molecule has 19 heavy (non-hydrogen) atoms. The first-order valence-electron chi connectivity index (χ1n) is 7.38. The Labute approximate surface area is 118 Å². The molecule has 0 fully saturated rings. The van der Waals surface area contributed by atoms with Gasteiger partial charge >= 0.3 is 0 Å². The van der Waals surface area contributed by atoms with E-state index in [1.807, 2.05) is 12.1 Å². The van der Waals surface area contributed by atoms with Crippen molar-refractivity contribution < 1.29 is 5.11 Å². The number of rotatable bonds is 7. The topological polar surface area (TPSA) is 32.3 Å². The van der Waals surface area contributed by atoms with Crippen LogP contribution in [0.2, 0.25) is 0 Å². The summed E-state index contributed by atoms with van der Waals surface area (Å²) in [4.78, 5) is 0. The molecule has 1 aromatic rings. The third-order valence-corrected chi connectivity index (χ3v) is 3.64. The number of benzene rings is 1. The number of aliphatic hydroxyl groups is 1. The highest BCUT2D eigenvalue weighted by Gasteiger charge is 2.17. The van der Waals surface area contributed by atoms with Crippen molar-refractivity contribution in [2.45, 2.75) is 65.0 Å². The second kappa shape index (κ2) is 7.06. The standard InChI is InChI=1S/C17H29NO/c1-6-11-17(4,5)18-12-16(19)15-9-7-14(8-10-15)13(2)3/h7-10,13,16,18-19H,6,11-12H2,1-5H3. The molecule has 108 valence electrons. The van der Waals surface area contributed by atoms with Gasteiger partial charge < -0.3 is 10.4 Å². The van der Waals surface area contributed by atoms with E-state index < -0.39 is 6.10 Å². The van der Waals surface area contributed by atoms with Crippen molar-refractivity contribution in [2.24, 2.45) is 0 Å². The monoisotopic (exact) mass is 263 g/mol. The van der Waals surface area contributed by atoms with E-state index in [0.717, 1.165) is 18.4 Å². The predicted octanol–water partition coefficient (Wildman–Crippen LogP) is 4.01. The first kappa shape index (κ1) is 16.2. The van der Waals surface area contributed by atoms with Crippen LogP contribution in [0.3, 0.4) is 0 Å². The average Bonchev–Trinajstić information content (AvgIpc) is 2.36. The Morgan fingerprint density at radius 2 is 1.63 bits per heavy atom. The molecule has 1 atom stereocenters. The summed E-state index contributed by atoms with van der Waals surface area (Å²) in [6.45, 7) is 11.5. The molecule has 2 heteroatoms. The first-order valence-corrected chi connectivity index (χ1v) is 7.38. The van der Waals surface area contributed by atoms with Gasteiger partial charge in [-0.15, -0.1) is 0 Å². The SMILES string of the molecule is CCCC(C)(C)NCC(O)c1ccc(C(C)C)cc1. The zero-order chi connectivity index (χ0) is 14.5. The summed E-state index contributed by atoms with van der Waals surface area (Å²) < 4.78 is 0. The van der Waals surface area contributed by atoms with Crippen LogP contribution >= 0.6 is 0 Å². The lowest BCUT2D eigenvalue weighted by Crippen LogP contribution is -2.41. The van der Waals surface area contributed by atoms with Crippen LogP contribution in [-0.2, 0) is 0 Å². The minimum Gasteiger partial charge on any atom is -0.387 e. The van der Waals surface area contributed by atoms with E-state index in [4.69, 9.17) is 0 Å². The van der Waals surface area contributed by atoms with E-state index in [9.17, 15) is 5.11 Å². The zero-order valence-corrected chi connectivity index (χ0v) is 13.0. The largest absolute Gasteiger partial charge is 0.387 e. The number of β-amino-alcohol motifs (C(OH)–C–C–N with tert-alkyl or cyclic N) is 1. The quantitative estimate of drug-likeness (QED) is 0.779. The molecule has 0 saturated heterocycles. The van der Waals surface area contributed by atoms with Crippen LogP contribution in [0.5, 0.6) is 0 Å². The third kappa shape index (κ3) is 5.33. The number of hydrogen-bond donors (Lipinski definition) is 2. The lowest BCUT2D eigenvalue weighted by atomic mass is 9.97. The van der Waals surface area contributed by atoms with Gasteiger partial charge in [0.15, 0.2) is 0 Å². The van der Waals surface area contributed by atoms with Crippen LogP contribution < -0.4 is 5.32 Å². The molecular formula is C17H29NO. The van der Waals surface area contributed by atoms with Gasteiger partial charge in [-0.25, -0.2) is 0 Å². The normalized spacial score (nSPS) is 13.8. The molecule has 0 saturated carbocycles. The van der Waals surface area contributed by atoms with Crippen LogP contribution in [0.1, 0.15) is 70.6 Å². The highest BCUT2D eigenvalue weighted by molar-refractivity contribution is 5.26. The molecule has 0 amide bonds. The lowest BCUT2D eigenvalue weighted by molar-refractivity contribution is 0.159. The summed E-state index contributed by atoms with van der Waals surface area (Å²) in [5.41, 5.74) is 2.40. The second-order valence-electron chi connectivity index (χ2n) is 6.35. The molecule has 0 bridgehead atoms. The van der Waals surface area contributed by atoms with Gasteiger partial charge in [-0.1, -0.05) is 51.5 Å². The minimum absolute atomic E-state index is 0.0909. The second-order valence-corrected chi connectivity index (χ2v) is 6.35. The zero-order valence-electron chi connectivity index (χ0n) is 13.0. The van der Waals surface area contributed by atoms with Crippen molar-refractivity contribution in [1.29, 1.82) is 0 Å². The fourth-order valence-electron chi connectivity index (χ4n) is 2.31. The number of aliphatic hydroxyl groups excluding tert-OH is 1. The van der Waals surface area contributed by atoms with Gasteiger partial charge in [-0.2, -0.15) is 0 Å². The molecule has 0 spiro atoms. The Morgan fingerprint density at radius 3 is 2.11 bits per heavy atom. The highest BCUT2D eigenvalue weighted by Crippen LogP contribution is 2.19. The third-order valence-electron chi connectivity index (χ3n) is 3.64. The Bertz CT molecular complexity index is 367. The number of hydrogen-bond acceptors (Lipinski definition) is 2. The Balaban J connectivity index is 2.56. The molecule has 0 aliphatic heterocycles. The van der Waals surface area contributed by atoms with Crippen molar-refractivity contribution in [2.75, 3.05) is 6.54 Å². The van der Waals surface area contributed by atoms with E-state index >= 15 is 0 Å². The van der Waals surface area contributed by atoms with Crippen LogP contribution in [0, 0.1) is 0 Å². The molecule has 0 radical (unpaired) electrons. The summed E-state index contributed by atoms with van der Waals surface area (Å²) in [7, 11) is 0. The fourth-order valence-corrected chi connectivity index (χ4v) is 2.31. The summed E-state index contributed by atoms with van der Waals surface area (Å²) in [5, 5.41) is 13.7. The maximum atomic E-state index is 10.2. The van der Waals surface area contributed by atoms with E-state index in [2.05, 4.69) is 52.1 Å². The van der Waals surface area contributed by atoms with Crippen LogP contribution in [-0.4, -0.2) is 17.2 Å². The average molecular weight is 263 g/mol. The Hall–Kier alpha value is -0.860. The molecule has 0 aliphatic rings. The predicted molar refractivity (Wildman–Crippen MR) is 82.5 cm³/mol. The molecule has 2 N–H and O–H groups in total. The van der Waals surface area contributed by atoms with Gasteiger partial charge in [0.25, 0.3) is 0 Å². The van der Waals surface area contributed by atoms with E-state index in [1.165, 1.54) is 5.56 Å². The van der Waals surface area contributed by atoms with Gasteiger partial charge in [0.1, 0.15) is 0 Å². The van der Waals surface area contributed by atoms with Crippen molar-refractivity contribution in [3.05, 3.63) is 35.4 Å². The summed E-state index contributed by atoms with van der Waals surface area (Å²) >= 11 is 0. The van der Waals surface area contributed by atoms with Crippen molar-refractivity contribution in [1.82, 2.24) is 5.32 Å². The minimum atomic E-state index is -0.433. The van der Waals surface area contributed by atoms with Gasteiger partial charge in [-0.3, -0.25) is 0 Å². The van der Waals surface area contributed by atoms with Crippen molar-refractivity contribution in [3.63, 3.8) is 0 Å². The van der Waals surface area contributed by atoms with Crippen LogP contribution in [0.25, 0.3) is 0 Å². The van der Waals surface area contributed by atoms with Crippen LogP contribution in [0.4, 0.5) is 0 Å². The van der Waals surface area contributed by atoms with Gasteiger partial charge in [0.2, 0.25) is 0 Å². The van der Waals surface area contributed by atoms with E-state index in [0.29, 0.717) is 12.5 Å². The molecule has 0 aromatic heterocycles. The van der Waals surface area contributed by atoms with Gasteiger partial charge in [-0.05, 0) is 37.3 Å². The smallest absolute Gasteiger partial charge is 0.0914 e. The molecule has 0 heterocycles. The summed E-state index contributed by atoms with van der Waals surface area (Å²) in [5.74, 6) is 0.535. The fraction of sp³-hybridized carbons (Fsp3) is 0.647. The van der Waals surface area contributed by atoms with Crippen molar-refractivity contribution >= 4 is 0 Å². The van der Waals surface area contributed by atoms with Gasteiger partial charge in [0, 0.05) is 12.1 Å². The molecule has 2 nitrogen and oxygen atoms in total. The van der Waals surface area contributed by atoms with E-state index in [1.54, 1.807) is 0 Å². The maximum absolute atomic E-state index is 10.2. The molecule has 0 aliphatic carbocycles. The molecular weight excluding hydrogens is 234 g/mol. The Kier molecular flexibility index (Phi) is 6.02. The maximum Gasteiger partial charge on any atom is 0.0914 e. The molecule has 1 unspecified atom stereocenters. The van der Waals surface area contributed by atoms with Gasteiger partial charge in [0.05, 0.1) is 6.10 Å².